The second-order valence-electron chi connectivity index (χ2n) is 5.72. The summed E-state index contributed by atoms with van der Waals surface area (Å²) < 4.78 is 10.6. The molecular formula is C20H22O4. The summed E-state index contributed by atoms with van der Waals surface area (Å²) >= 11 is 0. The Morgan fingerprint density at radius 1 is 1.21 bits per heavy atom. The van der Waals surface area contributed by atoms with Crippen LogP contribution in [0.5, 0.6) is 17.2 Å². The van der Waals surface area contributed by atoms with Gasteiger partial charge < -0.3 is 14.6 Å². The summed E-state index contributed by atoms with van der Waals surface area (Å²) in [6.45, 7) is 3.93. The molecule has 2 aromatic carbocycles. The first kappa shape index (κ1) is 17.6. The van der Waals surface area contributed by atoms with E-state index in [4.69, 9.17) is 9.47 Å². The molecule has 24 heavy (non-hydrogen) atoms. The van der Waals surface area contributed by atoms with Gasteiger partial charge >= 0.3 is 0 Å². The smallest absolute Gasteiger partial charge is 0.160 e. The highest BCUT2D eigenvalue weighted by atomic mass is 16.5. The van der Waals surface area contributed by atoms with Gasteiger partial charge in [-0.15, -0.1) is 0 Å². The number of carbonyl (C=O) groups excluding carboxylic acids is 1. The zero-order valence-electron chi connectivity index (χ0n) is 14.2. The summed E-state index contributed by atoms with van der Waals surface area (Å²) in [5.74, 6) is 1.19. The maximum absolute atomic E-state index is 12.1. The number of phenols is 1. The first-order valence-corrected chi connectivity index (χ1v) is 7.81. The normalized spacial score (nSPS) is 11.0. The fraction of sp³-hybridized carbons (Fsp3) is 0.250. The molecule has 0 aliphatic heterocycles. The molecule has 4 heteroatoms. The van der Waals surface area contributed by atoms with E-state index in [2.05, 4.69) is 0 Å². The lowest BCUT2D eigenvalue weighted by Gasteiger charge is -2.10. The van der Waals surface area contributed by atoms with Gasteiger partial charge in [0.05, 0.1) is 13.2 Å². The van der Waals surface area contributed by atoms with Crippen LogP contribution in [-0.2, 0) is 11.2 Å². The first-order chi connectivity index (χ1) is 11.5. The van der Waals surface area contributed by atoms with Gasteiger partial charge in [0.15, 0.2) is 17.3 Å². The average Bonchev–Trinajstić information content (AvgIpc) is 2.53. The molecule has 0 unspecified atom stereocenters. The molecule has 2 aromatic rings. The Balaban J connectivity index is 2.01. The van der Waals surface area contributed by atoms with Crippen molar-refractivity contribution in [3.05, 3.63) is 59.7 Å². The van der Waals surface area contributed by atoms with Crippen molar-refractivity contribution in [3.8, 4) is 17.2 Å². The number of carbonyl (C=O) groups is 1. The fourth-order valence-electron chi connectivity index (χ4n) is 2.26. The van der Waals surface area contributed by atoms with Crippen molar-refractivity contribution in [3.63, 3.8) is 0 Å². The van der Waals surface area contributed by atoms with Crippen molar-refractivity contribution in [1.82, 2.24) is 0 Å². The maximum Gasteiger partial charge on any atom is 0.160 e. The van der Waals surface area contributed by atoms with E-state index in [1.807, 2.05) is 38.1 Å². The van der Waals surface area contributed by atoms with Gasteiger partial charge in [0.25, 0.3) is 0 Å². The summed E-state index contributed by atoms with van der Waals surface area (Å²) in [4.78, 5) is 12.1. The SMILES string of the molecule is COc1ccc(/C=C/C(=O)Cc2cccc(OC(C)C)c2)cc1O. The Morgan fingerprint density at radius 2 is 2.00 bits per heavy atom. The minimum atomic E-state index is -0.0213. The third-order valence-corrected chi connectivity index (χ3v) is 3.31. The van der Waals surface area contributed by atoms with Gasteiger partial charge in [-0.05, 0) is 55.3 Å². The van der Waals surface area contributed by atoms with Crippen LogP contribution in [0, 0.1) is 0 Å². The van der Waals surface area contributed by atoms with Crippen molar-refractivity contribution >= 4 is 11.9 Å². The van der Waals surface area contributed by atoms with Gasteiger partial charge in [0, 0.05) is 6.42 Å². The number of hydrogen-bond acceptors (Lipinski definition) is 4. The highest BCUT2D eigenvalue weighted by Crippen LogP contribution is 2.26. The van der Waals surface area contributed by atoms with Crippen LogP contribution in [0.2, 0.25) is 0 Å². The molecule has 0 aromatic heterocycles. The lowest BCUT2D eigenvalue weighted by molar-refractivity contribution is -0.113. The number of aromatic hydroxyl groups is 1. The molecule has 0 heterocycles. The molecular weight excluding hydrogens is 304 g/mol. The topological polar surface area (TPSA) is 55.8 Å². The number of phenolic OH excluding ortho intramolecular Hbond substituents is 1. The van der Waals surface area contributed by atoms with Crippen LogP contribution in [-0.4, -0.2) is 24.1 Å². The van der Waals surface area contributed by atoms with Crippen LogP contribution >= 0.6 is 0 Å². The molecule has 0 aliphatic carbocycles. The number of allylic oxidation sites excluding steroid dienone is 1. The van der Waals surface area contributed by atoms with Crippen LogP contribution in [0.4, 0.5) is 0 Å². The lowest BCUT2D eigenvalue weighted by atomic mass is 10.1. The number of ether oxygens (including phenoxy) is 2. The van der Waals surface area contributed by atoms with E-state index in [0.717, 1.165) is 16.9 Å². The zero-order chi connectivity index (χ0) is 17.5. The monoisotopic (exact) mass is 326 g/mol. The molecule has 0 amide bonds. The van der Waals surface area contributed by atoms with Crippen LogP contribution in [0.15, 0.2) is 48.5 Å². The highest BCUT2D eigenvalue weighted by Gasteiger charge is 2.04. The number of rotatable bonds is 7. The maximum atomic E-state index is 12.1. The van der Waals surface area contributed by atoms with E-state index < -0.39 is 0 Å². The van der Waals surface area contributed by atoms with Gasteiger partial charge in [0.1, 0.15) is 5.75 Å². The Kier molecular flexibility index (Phi) is 6.01. The van der Waals surface area contributed by atoms with Crippen LogP contribution in [0.25, 0.3) is 6.08 Å². The first-order valence-electron chi connectivity index (χ1n) is 7.81. The molecule has 0 bridgehead atoms. The minimum Gasteiger partial charge on any atom is -0.504 e. The third-order valence-electron chi connectivity index (χ3n) is 3.31. The van der Waals surface area contributed by atoms with Crippen LogP contribution in [0.3, 0.4) is 0 Å². The van der Waals surface area contributed by atoms with Crippen molar-refractivity contribution in [2.75, 3.05) is 7.11 Å². The largest absolute Gasteiger partial charge is 0.504 e. The van der Waals surface area contributed by atoms with E-state index in [0.29, 0.717) is 12.2 Å². The standard InChI is InChI=1S/C20H22O4/c1-14(2)24-18-6-4-5-16(12-18)11-17(21)9-7-15-8-10-20(23-3)19(22)13-15/h4-10,12-14,22H,11H2,1-3H3/b9-7+. The van der Waals surface area contributed by atoms with Crippen molar-refractivity contribution in [2.24, 2.45) is 0 Å². The summed E-state index contributed by atoms with van der Waals surface area (Å²) in [6.07, 6.45) is 3.58. The highest BCUT2D eigenvalue weighted by molar-refractivity contribution is 5.95. The van der Waals surface area contributed by atoms with E-state index in [1.54, 1.807) is 24.3 Å². The molecule has 0 saturated heterocycles. The summed E-state index contributed by atoms with van der Waals surface area (Å²) in [5.41, 5.74) is 1.64. The summed E-state index contributed by atoms with van der Waals surface area (Å²) in [7, 11) is 1.49. The predicted octanol–water partition coefficient (Wildman–Crippen LogP) is 4.01. The molecule has 126 valence electrons. The third kappa shape index (κ3) is 5.16. The molecule has 0 radical (unpaired) electrons. The summed E-state index contributed by atoms with van der Waals surface area (Å²) in [6, 6.07) is 12.5. The van der Waals surface area contributed by atoms with Gasteiger partial charge in [0.2, 0.25) is 0 Å². The van der Waals surface area contributed by atoms with E-state index in [-0.39, 0.29) is 17.6 Å². The Bertz CT molecular complexity index is 732. The fourth-order valence-corrected chi connectivity index (χ4v) is 2.26. The molecule has 0 aliphatic rings. The predicted molar refractivity (Wildman–Crippen MR) is 94.6 cm³/mol. The van der Waals surface area contributed by atoms with Crippen molar-refractivity contribution in [1.29, 1.82) is 0 Å². The lowest BCUT2D eigenvalue weighted by Crippen LogP contribution is -2.06. The van der Waals surface area contributed by atoms with Crippen LogP contribution < -0.4 is 9.47 Å². The zero-order valence-corrected chi connectivity index (χ0v) is 14.2. The molecule has 4 nitrogen and oxygen atoms in total. The molecule has 0 saturated carbocycles. The van der Waals surface area contributed by atoms with E-state index in [1.165, 1.54) is 13.2 Å². The molecule has 0 spiro atoms. The van der Waals surface area contributed by atoms with Crippen LogP contribution in [0.1, 0.15) is 25.0 Å². The Morgan fingerprint density at radius 3 is 2.67 bits per heavy atom. The second-order valence-corrected chi connectivity index (χ2v) is 5.72. The Labute approximate surface area is 142 Å². The molecule has 0 fully saturated rings. The molecule has 1 N–H and O–H groups in total. The Hall–Kier alpha value is -2.75. The molecule has 0 atom stereocenters. The number of ketones is 1. The van der Waals surface area contributed by atoms with Gasteiger partial charge in [-0.3, -0.25) is 4.79 Å². The quantitative estimate of drug-likeness (QED) is 0.781. The number of methoxy groups -OCH3 is 1. The van der Waals surface area contributed by atoms with Crippen molar-refractivity contribution < 1.29 is 19.4 Å². The second kappa shape index (κ2) is 8.20. The number of benzene rings is 2. The molecule has 2 rings (SSSR count). The average molecular weight is 326 g/mol. The van der Waals surface area contributed by atoms with E-state index in [9.17, 15) is 9.90 Å². The van der Waals surface area contributed by atoms with Gasteiger partial charge in [-0.1, -0.05) is 24.3 Å². The summed E-state index contributed by atoms with van der Waals surface area (Å²) in [5, 5.41) is 9.74. The number of hydrogen-bond donors (Lipinski definition) is 1. The van der Waals surface area contributed by atoms with Gasteiger partial charge in [-0.2, -0.15) is 0 Å². The van der Waals surface area contributed by atoms with E-state index >= 15 is 0 Å². The van der Waals surface area contributed by atoms with Crippen molar-refractivity contribution in [2.45, 2.75) is 26.4 Å². The van der Waals surface area contributed by atoms with Gasteiger partial charge in [-0.25, -0.2) is 0 Å². The minimum absolute atomic E-state index is 0.0213.